The molecule has 0 saturated heterocycles. The number of aliphatic carboxylic acids is 1. The van der Waals surface area contributed by atoms with E-state index in [4.69, 9.17) is 9.47 Å². The highest BCUT2D eigenvalue weighted by molar-refractivity contribution is 6.03. The van der Waals surface area contributed by atoms with Crippen LogP contribution in [0.4, 0.5) is 0 Å². The van der Waals surface area contributed by atoms with Gasteiger partial charge in [-0.15, -0.1) is 0 Å². The van der Waals surface area contributed by atoms with Gasteiger partial charge in [0, 0.05) is 6.42 Å². The van der Waals surface area contributed by atoms with E-state index in [0.29, 0.717) is 29.1 Å². The number of hydrogen-bond donors (Lipinski definition) is 1. The van der Waals surface area contributed by atoms with Gasteiger partial charge in [0.25, 0.3) is 0 Å². The van der Waals surface area contributed by atoms with Gasteiger partial charge < -0.3 is 14.6 Å². The molecular formula is C14H12O5. The van der Waals surface area contributed by atoms with Crippen LogP contribution in [0.1, 0.15) is 18.4 Å². The molecule has 2 aliphatic rings. The molecule has 98 valence electrons. The van der Waals surface area contributed by atoms with E-state index in [-0.39, 0.29) is 19.0 Å². The second-order valence-electron chi connectivity index (χ2n) is 4.56. The number of carbonyl (C=O) groups excluding carboxylic acids is 1. The Bertz CT molecular complexity index is 587. The van der Waals surface area contributed by atoms with Crippen LogP contribution >= 0.6 is 0 Å². The van der Waals surface area contributed by atoms with Gasteiger partial charge in [-0.05, 0) is 35.8 Å². The first-order valence-electron chi connectivity index (χ1n) is 6.02. The van der Waals surface area contributed by atoms with Crippen molar-refractivity contribution in [2.24, 2.45) is 5.92 Å². The third kappa shape index (κ3) is 2.07. The molecule has 1 aromatic rings. The van der Waals surface area contributed by atoms with Crippen molar-refractivity contribution in [1.29, 1.82) is 0 Å². The highest BCUT2D eigenvalue weighted by Crippen LogP contribution is 2.38. The molecule has 0 radical (unpaired) electrons. The summed E-state index contributed by atoms with van der Waals surface area (Å²) in [7, 11) is 0. The summed E-state index contributed by atoms with van der Waals surface area (Å²) in [5, 5.41) is 9.24. The molecule has 0 spiro atoms. The predicted molar refractivity (Wildman–Crippen MR) is 65.9 cm³/mol. The van der Waals surface area contributed by atoms with Crippen LogP contribution in [0.2, 0.25) is 0 Å². The van der Waals surface area contributed by atoms with Crippen molar-refractivity contribution in [3.63, 3.8) is 0 Å². The zero-order valence-electron chi connectivity index (χ0n) is 10.1. The molecule has 1 N–H and O–H groups in total. The van der Waals surface area contributed by atoms with Crippen molar-refractivity contribution >= 4 is 17.3 Å². The van der Waals surface area contributed by atoms with Gasteiger partial charge in [-0.25, -0.2) is 0 Å². The van der Waals surface area contributed by atoms with E-state index in [1.165, 1.54) is 6.08 Å². The molecule has 0 amide bonds. The fourth-order valence-corrected chi connectivity index (χ4v) is 2.41. The first-order chi connectivity index (χ1) is 9.15. The van der Waals surface area contributed by atoms with Gasteiger partial charge in [0.2, 0.25) is 6.79 Å². The standard InChI is InChI=1S/C14H12O5/c15-9-2-3-10(14(16)17)11(6-9)8-1-4-12-13(5-8)19-7-18-12/h1,4-6,10H,2-3,7H2,(H,16,17). The van der Waals surface area contributed by atoms with Crippen molar-refractivity contribution in [2.75, 3.05) is 6.79 Å². The molecule has 5 nitrogen and oxygen atoms in total. The van der Waals surface area contributed by atoms with Crippen LogP contribution in [-0.2, 0) is 9.59 Å². The van der Waals surface area contributed by atoms with Crippen molar-refractivity contribution in [3.05, 3.63) is 29.8 Å². The number of ether oxygens (including phenoxy) is 2. The number of carboxylic acid groups (broad SMARTS) is 1. The topological polar surface area (TPSA) is 72.8 Å². The Morgan fingerprint density at radius 2 is 2.05 bits per heavy atom. The van der Waals surface area contributed by atoms with E-state index < -0.39 is 11.9 Å². The second kappa shape index (κ2) is 4.42. The van der Waals surface area contributed by atoms with Crippen molar-refractivity contribution in [3.8, 4) is 11.5 Å². The minimum absolute atomic E-state index is 0.0369. The molecule has 1 unspecified atom stereocenters. The predicted octanol–water partition coefficient (Wildman–Crippen LogP) is 1.86. The Balaban J connectivity index is 2.03. The molecule has 0 bridgehead atoms. The average molecular weight is 260 g/mol. The Morgan fingerprint density at radius 3 is 2.84 bits per heavy atom. The van der Waals surface area contributed by atoms with Gasteiger partial charge in [0.05, 0.1) is 5.92 Å². The number of benzene rings is 1. The van der Waals surface area contributed by atoms with E-state index in [9.17, 15) is 14.7 Å². The van der Waals surface area contributed by atoms with Crippen LogP contribution < -0.4 is 9.47 Å². The fourth-order valence-electron chi connectivity index (χ4n) is 2.41. The molecule has 0 fully saturated rings. The average Bonchev–Trinajstić information content (AvgIpc) is 2.85. The van der Waals surface area contributed by atoms with E-state index in [2.05, 4.69) is 0 Å². The summed E-state index contributed by atoms with van der Waals surface area (Å²) in [6.07, 6.45) is 2.05. The molecule has 0 saturated carbocycles. The largest absolute Gasteiger partial charge is 0.481 e. The second-order valence-corrected chi connectivity index (χ2v) is 4.56. The summed E-state index contributed by atoms with van der Waals surface area (Å²) in [5.74, 6) is -0.362. The first kappa shape index (κ1) is 11.8. The zero-order valence-corrected chi connectivity index (χ0v) is 10.1. The quantitative estimate of drug-likeness (QED) is 0.878. The molecule has 5 heteroatoms. The lowest BCUT2D eigenvalue weighted by Crippen LogP contribution is -2.21. The summed E-state index contributed by atoms with van der Waals surface area (Å²) < 4.78 is 10.5. The lowest BCUT2D eigenvalue weighted by molar-refractivity contribution is -0.140. The van der Waals surface area contributed by atoms with Crippen LogP contribution in [0.15, 0.2) is 24.3 Å². The van der Waals surface area contributed by atoms with Crippen LogP contribution in [0, 0.1) is 5.92 Å². The molecule has 1 atom stereocenters. The van der Waals surface area contributed by atoms with Crippen LogP contribution in [0.5, 0.6) is 11.5 Å². The first-order valence-corrected chi connectivity index (χ1v) is 6.02. The van der Waals surface area contributed by atoms with Crippen molar-refractivity contribution < 1.29 is 24.2 Å². The number of rotatable bonds is 2. The minimum Gasteiger partial charge on any atom is -0.481 e. The lowest BCUT2D eigenvalue weighted by Gasteiger charge is -2.20. The molecule has 1 aromatic carbocycles. The highest BCUT2D eigenvalue weighted by atomic mass is 16.7. The van der Waals surface area contributed by atoms with Gasteiger partial charge in [0.1, 0.15) is 0 Å². The number of carbonyl (C=O) groups is 2. The SMILES string of the molecule is O=C1C=C(c2ccc3c(c2)OCO3)C(C(=O)O)CC1. The van der Waals surface area contributed by atoms with Gasteiger partial charge >= 0.3 is 5.97 Å². The maximum atomic E-state index is 11.5. The Labute approximate surface area is 109 Å². The van der Waals surface area contributed by atoms with Gasteiger partial charge in [-0.1, -0.05) is 6.07 Å². The van der Waals surface area contributed by atoms with Crippen LogP contribution in [-0.4, -0.2) is 23.7 Å². The van der Waals surface area contributed by atoms with Gasteiger partial charge in [-0.2, -0.15) is 0 Å². The lowest BCUT2D eigenvalue weighted by atomic mass is 9.83. The molecule has 0 aromatic heterocycles. The van der Waals surface area contributed by atoms with Crippen LogP contribution in [0.25, 0.3) is 5.57 Å². The summed E-state index contributed by atoms with van der Waals surface area (Å²) in [6.45, 7) is 0.166. The number of ketones is 1. The Morgan fingerprint density at radius 1 is 1.26 bits per heavy atom. The maximum absolute atomic E-state index is 11.5. The number of hydrogen-bond acceptors (Lipinski definition) is 4. The summed E-state index contributed by atoms with van der Waals surface area (Å²) in [5.41, 5.74) is 1.24. The molecule has 1 aliphatic carbocycles. The minimum atomic E-state index is -0.906. The van der Waals surface area contributed by atoms with Gasteiger partial charge in [0.15, 0.2) is 17.3 Å². The van der Waals surface area contributed by atoms with Crippen LogP contribution in [0.3, 0.4) is 0 Å². The van der Waals surface area contributed by atoms with E-state index in [1.54, 1.807) is 18.2 Å². The molecule has 3 rings (SSSR count). The Hall–Kier alpha value is -2.30. The number of allylic oxidation sites excluding steroid dienone is 1. The van der Waals surface area contributed by atoms with Crippen molar-refractivity contribution in [2.45, 2.75) is 12.8 Å². The monoisotopic (exact) mass is 260 g/mol. The highest BCUT2D eigenvalue weighted by Gasteiger charge is 2.29. The number of carboxylic acids is 1. The van der Waals surface area contributed by atoms with E-state index in [1.807, 2.05) is 0 Å². The summed E-state index contributed by atoms with van der Waals surface area (Å²) >= 11 is 0. The normalized spacial score (nSPS) is 21.2. The number of fused-ring (bicyclic) bond motifs is 1. The van der Waals surface area contributed by atoms with E-state index in [0.717, 1.165) is 0 Å². The smallest absolute Gasteiger partial charge is 0.311 e. The van der Waals surface area contributed by atoms with Gasteiger partial charge in [-0.3, -0.25) is 9.59 Å². The maximum Gasteiger partial charge on any atom is 0.311 e. The summed E-state index contributed by atoms with van der Waals surface area (Å²) in [4.78, 5) is 22.8. The molecular weight excluding hydrogens is 248 g/mol. The van der Waals surface area contributed by atoms with E-state index >= 15 is 0 Å². The molecule has 19 heavy (non-hydrogen) atoms. The zero-order chi connectivity index (χ0) is 13.4. The molecule has 1 aliphatic heterocycles. The third-order valence-corrected chi connectivity index (χ3v) is 3.38. The molecule has 1 heterocycles. The Kier molecular flexibility index (Phi) is 2.74. The third-order valence-electron chi connectivity index (χ3n) is 3.38. The summed E-state index contributed by atoms with van der Waals surface area (Å²) in [6, 6.07) is 5.22. The van der Waals surface area contributed by atoms with Crippen molar-refractivity contribution in [1.82, 2.24) is 0 Å². The fraction of sp³-hybridized carbons (Fsp3) is 0.286.